The van der Waals surface area contributed by atoms with E-state index in [0.29, 0.717) is 26.4 Å². The number of ether oxygens (including phenoxy) is 4. The second kappa shape index (κ2) is 11.2. The van der Waals surface area contributed by atoms with Crippen LogP contribution in [-0.2, 0) is 38.8 Å². The average Bonchev–Trinajstić information content (AvgIpc) is 3.12. The molecule has 0 radical (unpaired) electrons. The van der Waals surface area contributed by atoms with Crippen LogP contribution in [0.4, 0.5) is 0 Å². The lowest BCUT2D eigenvalue weighted by molar-refractivity contribution is -0.153. The minimum Gasteiger partial charge on any atom is -0.374 e. The first-order valence-electron chi connectivity index (χ1n) is 10.6. The van der Waals surface area contributed by atoms with E-state index in [1.165, 1.54) is 0 Å². The highest BCUT2D eigenvalue weighted by molar-refractivity contribution is 5.15. The molecule has 0 saturated carbocycles. The van der Waals surface area contributed by atoms with Crippen LogP contribution in [0, 0.1) is 0 Å². The maximum absolute atomic E-state index is 10.5. The van der Waals surface area contributed by atoms with Crippen molar-refractivity contribution in [1.29, 1.82) is 0 Å². The van der Waals surface area contributed by atoms with Crippen LogP contribution in [0.25, 0.3) is 0 Å². The van der Waals surface area contributed by atoms with Gasteiger partial charge < -0.3 is 24.1 Å². The first kappa shape index (κ1) is 21.7. The molecule has 1 heterocycles. The lowest BCUT2D eigenvalue weighted by Crippen LogP contribution is -2.39. The minimum atomic E-state index is -1.07. The quantitative estimate of drug-likeness (QED) is 0.535. The highest BCUT2D eigenvalue weighted by Gasteiger charge is 2.45. The molecule has 3 aromatic rings. The summed E-state index contributed by atoms with van der Waals surface area (Å²) in [6.45, 7) is 1.55. The highest BCUT2D eigenvalue weighted by Crippen LogP contribution is 2.28. The van der Waals surface area contributed by atoms with Gasteiger partial charge in [-0.05, 0) is 16.7 Å². The number of benzene rings is 3. The predicted octanol–water partition coefficient (Wildman–Crippen LogP) is 4.09. The van der Waals surface area contributed by atoms with Crippen molar-refractivity contribution in [3.05, 3.63) is 108 Å². The Morgan fingerprint density at radius 3 is 1.58 bits per heavy atom. The van der Waals surface area contributed by atoms with E-state index in [4.69, 9.17) is 18.9 Å². The van der Waals surface area contributed by atoms with Crippen molar-refractivity contribution in [3.8, 4) is 0 Å². The number of hydrogen-bond donors (Lipinski definition) is 1. The van der Waals surface area contributed by atoms with Crippen molar-refractivity contribution in [2.24, 2.45) is 0 Å². The number of hydrogen-bond acceptors (Lipinski definition) is 5. The third-order valence-corrected chi connectivity index (χ3v) is 5.25. The molecular formula is C26H28O5. The average molecular weight is 421 g/mol. The minimum absolute atomic E-state index is 0.302. The van der Waals surface area contributed by atoms with E-state index < -0.39 is 24.6 Å². The SMILES string of the molecule is OC1O[C@H](COCc2ccccc2)C(OCc2ccccc2)[C@H]1OCc1ccccc1. The zero-order valence-corrected chi connectivity index (χ0v) is 17.4. The third-order valence-electron chi connectivity index (χ3n) is 5.25. The Bertz CT molecular complexity index is 887. The third kappa shape index (κ3) is 6.23. The Morgan fingerprint density at radius 1 is 0.613 bits per heavy atom. The van der Waals surface area contributed by atoms with Crippen LogP contribution < -0.4 is 0 Å². The van der Waals surface area contributed by atoms with Crippen LogP contribution in [0.5, 0.6) is 0 Å². The molecule has 2 unspecified atom stereocenters. The molecule has 1 aliphatic heterocycles. The summed E-state index contributed by atoms with van der Waals surface area (Å²) in [4.78, 5) is 0. The van der Waals surface area contributed by atoms with Gasteiger partial charge in [0.15, 0.2) is 6.29 Å². The lowest BCUT2D eigenvalue weighted by Gasteiger charge is -2.24. The molecule has 1 N–H and O–H groups in total. The molecule has 4 atom stereocenters. The van der Waals surface area contributed by atoms with Gasteiger partial charge in [-0.2, -0.15) is 0 Å². The molecule has 1 fully saturated rings. The Morgan fingerprint density at radius 2 is 1.06 bits per heavy atom. The van der Waals surface area contributed by atoms with Crippen LogP contribution in [-0.4, -0.2) is 36.3 Å². The van der Waals surface area contributed by atoms with E-state index in [9.17, 15) is 5.11 Å². The van der Waals surface area contributed by atoms with Gasteiger partial charge in [0.2, 0.25) is 0 Å². The molecule has 0 bridgehead atoms. The Balaban J connectivity index is 1.39. The van der Waals surface area contributed by atoms with Gasteiger partial charge in [0.05, 0.1) is 26.4 Å². The summed E-state index contributed by atoms with van der Waals surface area (Å²) in [5.74, 6) is 0. The second-order valence-corrected chi connectivity index (χ2v) is 7.59. The first-order valence-corrected chi connectivity index (χ1v) is 10.6. The fourth-order valence-corrected chi connectivity index (χ4v) is 3.62. The van der Waals surface area contributed by atoms with Gasteiger partial charge >= 0.3 is 0 Å². The molecular weight excluding hydrogens is 392 g/mol. The molecule has 0 aliphatic carbocycles. The van der Waals surface area contributed by atoms with E-state index in [2.05, 4.69) is 0 Å². The lowest BCUT2D eigenvalue weighted by atomic mass is 10.1. The van der Waals surface area contributed by atoms with Gasteiger partial charge in [-0.1, -0.05) is 91.0 Å². The van der Waals surface area contributed by atoms with E-state index in [1.807, 2.05) is 91.0 Å². The first-order chi connectivity index (χ1) is 15.3. The van der Waals surface area contributed by atoms with Gasteiger partial charge in [0, 0.05) is 0 Å². The standard InChI is InChI=1S/C26H28O5/c27-26-25(30-18-22-14-8-3-9-15-22)24(29-17-21-12-6-2-7-13-21)23(31-26)19-28-16-20-10-4-1-5-11-20/h1-15,23-27H,16-19H2/t23-,24?,25-,26?/m1/s1. The fourth-order valence-electron chi connectivity index (χ4n) is 3.62. The Kier molecular flexibility index (Phi) is 7.82. The van der Waals surface area contributed by atoms with Crippen molar-refractivity contribution in [3.63, 3.8) is 0 Å². The molecule has 1 saturated heterocycles. The van der Waals surface area contributed by atoms with Crippen LogP contribution in [0.1, 0.15) is 16.7 Å². The van der Waals surface area contributed by atoms with Crippen LogP contribution in [0.2, 0.25) is 0 Å². The summed E-state index contributed by atoms with van der Waals surface area (Å²) < 4.78 is 23.9. The molecule has 31 heavy (non-hydrogen) atoms. The van der Waals surface area contributed by atoms with Crippen molar-refractivity contribution in [2.75, 3.05) is 6.61 Å². The highest BCUT2D eigenvalue weighted by atomic mass is 16.7. The zero-order valence-electron chi connectivity index (χ0n) is 17.4. The molecule has 162 valence electrons. The maximum Gasteiger partial charge on any atom is 0.184 e. The van der Waals surface area contributed by atoms with E-state index in [0.717, 1.165) is 16.7 Å². The largest absolute Gasteiger partial charge is 0.374 e. The zero-order chi connectivity index (χ0) is 21.3. The number of rotatable bonds is 10. The fraction of sp³-hybridized carbons (Fsp3) is 0.308. The molecule has 1 aliphatic rings. The van der Waals surface area contributed by atoms with Crippen molar-refractivity contribution < 1.29 is 24.1 Å². The van der Waals surface area contributed by atoms with E-state index in [1.54, 1.807) is 0 Å². The summed E-state index contributed by atoms with van der Waals surface area (Å²) in [5.41, 5.74) is 3.16. The molecule has 3 aromatic carbocycles. The van der Waals surface area contributed by atoms with Crippen LogP contribution in [0.3, 0.4) is 0 Å². The summed E-state index contributed by atoms with van der Waals surface area (Å²) in [5, 5.41) is 10.5. The van der Waals surface area contributed by atoms with Gasteiger partial charge in [-0.25, -0.2) is 0 Å². The van der Waals surface area contributed by atoms with Gasteiger partial charge in [-0.3, -0.25) is 0 Å². The van der Waals surface area contributed by atoms with Gasteiger partial charge in [0.25, 0.3) is 0 Å². The predicted molar refractivity (Wildman–Crippen MR) is 117 cm³/mol. The number of aliphatic hydroxyl groups excluding tert-OH is 1. The van der Waals surface area contributed by atoms with Gasteiger partial charge in [-0.15, -0.1) is 0 Å². The van der Waals surface area contributed by atoms with Crippen molar-refractivity contribution in [1.82, 2.24) is 0 Å². The van der Waals surface area contributed by atoms with Crippen molar-refractivity contribution >= 4 is 0 Å². The molecule has 5 heteroatoms. The molecule has 5 nitrogen and oxygen atoms in total. The van der Waals surface area contributed by atoms with Crippen LogP contribution in [0.15, 0.2) is 91.0 Å². The van der Waals surface area contributed by atoms with E-state index in [-0.39, 0.29) is 0 Å². The van der Waals surface area contributed by atoms with E-state index >= 15 is 0 Å². The molecule has 0 amide bonds. The molecule has 4 rings (SSSR count). The van der Waals surface area contributed by atoms with Crippen molar-refractivity contribution in [2.45, 2.75) is 44.4 Å². The van der Waals surface area contributed by atoms with Gasteiger partial charge in [0.1, 0.15) is 18.3 Å². The number of aliphatic hydroxyl groups is 1. The summed E-state index contributed by atoms with van der Waals surface area (Å²) in [7, 11) is 0. The summed E-state index contributed by atoms with van der Waals surface area (Å²) in [6, 6.07) is 29.8. The summed E-state index contributed by atoms with van der Waals surface area (Å²) in [6.07, 6.45) is -2.55. The smallest absolute Gasteiger partial charge is 0.184 e. The molecule has 0 aromatic heterocycles. The Labute approximate surface area is 183 Å². The normalized spacial score (nSPS) is 23.1. The van der Waals surface area contributed by atoms with Crippen LogP contribution >= 0.6 is 0 Å². The summed E-state index contributed by atoms with van der Waals surface area (Å²) >= 11 is 0. The maximum atomic E-state index is 10.5. The Hall–Kier alpha value is -2.54. The topological polar surface area (TPSA) is 57.2 Å². The molecule has 0 spiro atoms. The monoisotopic (exact) mass is 420 g/mol. The second-order valence-electron chi connectivity index (χ2n) is 7.59.